The quantitative estimate of drug-likeness (QED) is 0.116. The minimum atomic E-state index is -1.22. The zero-order valence-electron chi connectivity index (χ0n) is 20.8. The smallest absolute Gasteiger partial charge is 0.269 e. The number of ether oxygens (including phenoxy) is 1. The number of nitrogens with zero attached hydrogens (tertiary/aromatic N) is 3. The lowest BCUT2D eigenvalue weighted by atomic mass is 9.99. The molecule has 0 fully saturated rings. The fourth-order valence-corrected chi connectivity index (χ4v) is 4.63. The van der Waals surface area contributed by atoms with Crippen molar-refractivity contribution in [3.05, 3.63) is 105 Å². The highest BCUT2D eigenvalue weighted by molar-refractivity contribution is 6.76. The molecule has 4 rings (SSSR count). The van der Waals surface area contributed by atoms with Gasteiger partial charge in [0.25, 0.3) is 5.69 Å². The lowest BCUT2D eigenvalue weighted by Gasteiger charge is -2.15. The first-order chi connectivity index (χ1) is 17.2. The van der Waals surface area contributed by atoms with Crippen LogP contribution in [0.3, 0.4) is 0 Å². The van der Waals surface area contributed by atoms with Crippen LogP contribution in [0.1, 0.15) is 28.5 Å². The molecule has 0 saturated carbocycles. The molecule has 1 heterocycles. The van der Waals surface area contributed by atoms with Gasteiger partial charge in [-0.1, -0.05) is 80.3 Å². The SMILES string of the molecule is C[Si](C)(C)CCOCn1nc(C=Cc2ccccc2)c2ccc(C(O)c3cccc([N+](=O)[O-])c3)cc21. The molecule has 1 aromatic heterocycles. The van der Waals surface area contributed by atoms with Gasteiger partial charge in [-0.25, -0.2) is 4.68 Å². The monoisotopic (exact) mass is 501 g/mol. The Labute approximate surface area is 211 Å². The number of aliphatic hydroxyl groups is 1. The van der Waals surface area contributed by atoms with Gasteiger partial charge in [0.15, 0.2) is 0 Å². The van der Waals surface area contributed by atoms with Crippen LogP contribution in [0, 0.1) is 10.1 Å². The minimum Gasteiger partial charge on any atom is -0.384 e. The Kier molecular flexibility index (Phi) is 7.78. The summed E-state index contributed by atoms with van der Waals surface area (Å²) in [6, 6.07) is 22.8. The van der Waals surface area contributed by atoms with E-state index < -0.39 is 19.1 Å². The van der Waals surface area contributed by atoms with Crippen molar-refractivity contribution in [3.63, 3.8) is 0 Å². The van der Waals surface area contributed by atoms with Gasteiger partial charge in [0.05, 0.1) is 16.1 Å². The molecule has 1 unspecified atom stereocenters. The van der Waals surface area contributed by atoms with Gasteiger partial charge >= 0.3 is 0 Å². The number of nitro benzene ring substituents is 1. The second-order valence-electron chi connectivity index (χ2n) is 10.0. The van der Waals surface area contributed by atoms with Gasteiger partial charge in [-0.3, -0.25) is 10.1 Å². The summed E-state index contributed by atoms with van der Waals surface area (Å²) in [6.45, 7) is 7.91. The molecule has 4 aromatic rings. The maximum atomic E-state index is 11.2. The third-order valence-corrected chi connectivity index (χ3v) is 7.66. The second-order valence-corrected chi connectivity index (χ2v) is 15.6. The maximum absolute atomic E-state index is 11.2. The van der Waals surface area contributed by atoms with Crippen molar-refractivity contribution in [1.29, 1.82) is 0 Å². The average molecular weight is 502 g/mol. The summed E-state index contributed by atoms with van der Waals surface area (Å²) in [5.41, 5.74) is 3.75. The van der Waals surface area contributed by atoms with Gasteiger partial charge in [-0.2, -0.15) is 5.10 Å². The van der Waals surface area contributed by atoms with Crippen LogP contribution in [0.4, 0.5) is 5.69 Å². The summed E-state index contributed by atoms with van der Waals surface area (Å²) in [5, 5.41) is 27.9. The normalized spacial score (nSPS) is 12.9. The summed E-state index contributed by atoms with van der Waals surface area (Å²) in [5.74, 6) is 0. The standard InChI is InChI=1S/C28H31N3O4Si/c1-36(2,3)17-16-35-20-30-27-19-23(28(32)22-10-7-11-24(18-22)31(33)34)13-14-25(27)26(29-30)15-12-21-8-5-4-6-9-21/h4-15,18-19,28,32H,16-17,20H2,1-3H3. The Morgan fingerprint density at radius 2 is 1.78 bits per heavy atom. The first kappa shape index (κ1) is 25.5. The van der Waals surface area contributed by atoms with Crippen LogP contribution in [0.2, 0.25) is 25.7 Å². The van der Waals surface area contributed by atoms with E-state index in [9.17, 15) is 15.2 Å². The molecule has 0 spiro atoms. The highest BCUT2D eigenvalue weighted by Crippen LogP contribution is 2.29. The van der Waals surface area contributed by atoms with Gasteiger partial charge in [0, 0.05) is 32.2 Å². The van der Waals surface area contributed by atoms with Gasteiger partial charge in [0.1, 0.15) is 12.8 Å². The molecule has 36 heavy (non-hydrogen) atoms. The number of hydrogen-bond donors (Lipinski definition) is 1. The molecule has 8 heteroatoms. The van der Waals surface area contributed by atoms with Crippen molar-refractivity contribution in [1.82, 2.24) is 9.78 Å². The number of nitro groups is 1. The first-order valence-corrected chi connectivity index (χ1v) is 15.7. The lowest BCUT2D eigenvalue weighted by Crippen LogP contribution is -2.22. The number of aromatic nitrogens is 2. The highest BCUT2D eigenvalue weighted by atomic mass is 28.3. The number of aliphatic hydroxyl groups excluding tert-OH is 1. The molecule has 0 aliphatic heterocycles. The summed E-state index contributed by atoms with van der Waals surface area (Å²) < 4.78 is 7.79. The van der Waals surface area contributed by atoms with E-state index in [0.29, 0.717) is 24.5 Å². The van der Waals surface area contributed by atoms with Crippen molar-refractivity contribution in [2.24, 2.45) is 0 Å². The second kappa shape index (κ2) is 11.0. The predicted molar refractivity (Wildman–Crippen MR) is 146 cm³/mol. The predicted octanol–water partition coefficient (Wildman–Crippen LogP) is 6.51. The summed E-state index contributed by atoms with van der Waals surface area (Å²) >= 11 is 0. The molecule has 3 aromatic carbocycles. The maximum Gasteiger partial charge on any atom is 0.269 e. The van der Waals surface area contributed by atoms with Crippen LogP contribution in [-0.4, -0.2) is 34.5 Å². The Morgan fingerprint density at radius 3 is 2.50 bits per heavy atom. The zero-order chi connectivity index (χ0) is 25.7. The largest absolute Gasteiger partial charge is 0.384 e. The number of hydrogen-bond acceptors (Lipinski definition) is 5. The molecule has 0 aliphatic carbocycles. The van der Waals surface area contributed by atoms with E-state index in [1.54, 1.807) is 12.1 Å². The molecule has 7 nitrogen and oxygen atoms in total. The Hall–Kier alpha value is -3.59. The van der Waals surface area contributed by atoms with E-state index in [1.165, 1.54) is 12.1 Å². The van der Waals surface area contributed by atoms with Crippen LogP contribution in [0.25, 0.3) is 23.1 Å². The van der Waals surface area contributed by atoms with Crippen molar-refractivity contribution in [2.75, 3.05) is 6.61 Å². The van der Waals surface area contributed by atoms with Crippen LogP contribution in [-0.2, 0) is 11.5 Å². The summed E-state index contributed by atoms with van der Waals surface area (Å²) in [7, 11) is -1.22. The van der Waals surface area contributed by atoms with Gasteiger partial charge in [-0.05, 0) is 34.9 Å². The first-order valence-electron chi connectivity index (χ1n) is 11.9. The highest BCUT2D eigenvalue weighted by Gasteiger charge is 2.18. The Morgan fingerprint density at radius 1 is 1.03 bits per heavy atom. The fraction of sp³-hybridized carbons (Fsp3) is 0.250. The molecular weight excluding hydrogens is 470 g/mol. The van der Waals surface area contributed by atoms with Crippen LogP contribution in [0.5, 0.6) is 0 Å². The van der Waals surface area contributed by atoms with Crippen LogP contribution in [0.15, 0.2) is 72.8 Å². The van der Waals surface area contributed by atoms with E-state index in [1.807, 2.05) is 65.4 Å². The molecule has 0 saturated heterocycles. The summed E-state index contributed by atoms with van der Waals surface area (Å²) in [6.07, 6.45) is 2.99. The van der Waals surface area contributed by atoms with Crippen molar-refractivity contribution in [2.45, 2.75) is 38.5 Å². The molecule has 1 atom stereocenters. The van der Waals surface area contributed by atoms with Crippen molar-refractivity contribution in [3.8, 4) is 0 Å². The topological polar surface area (TPSA) is 90.4 Å². The molecule has 0 radical (unpaired) electrons. The molecule has 1 N–H and O–H groups in total. The zero-order valence-corrected chi connectivity index (χ0v) is 21.8. The Bertz CT molecular complexity index is 1380. The molecule has 186 valence electrons. The van der Waals surface area contributed by atoms with E-state index in [4.69, 9.17) is 9.84 Å². The summed E-state index contributed by atoms with van der Waals surface area (Å²) in [4.78, 5) is 10.7. The minimum absolute atomic E-state index is 0.0539. The lowest BCUT2D eigenvalue weighted by molar-refractivity contribution is -0.385. The van der Waals surface area contributed by atoms with E-state index in [2.05, 4.69) is 19.6 Å². The van der Waals surface area contributed by atoms with Gasteiger partial charge < -0.3 is 9.84 Å². The van der Waals surface area contributed by atoms with Crippen LogP contribution >= 0.6 is 0 Å². The van der Waals surface area contributed by atoms with Gasteiger partial charge in [-0.15, -0.1) is 0 Å². The Balaban J connectivity index is 1.67. The molecule has 0 aliphatic rings. The average Bonchev–Trinajstić information content (AvgIpc) is 3.22. The number of fused-ring (bicyclic) bond motifs is 1. The number of non-ortho nitro benzene ring substituents is 1. The third-order valence-electron chi connectivity index (χ3n) is 5.96. The number of rotatable bonds is 10. The third kappa shape index (κ3) is 6.34. The van der Waals surface area contributed by atoms with Crippen molar-refractivity contribution >= 4 is 36.8 Å². The molecule has 0 bridgehead atoms. The van der Waals surface area contributed by atoms with E-state index in [-0.39, 0.29) is 5.69 Å². The van der Waals surface area contributed by atoms with E-state index in [0.717, 1.165) is 28.2 Å². The number of benzene rings is 3. The molecule has 0 amide bonds. The molecular formula is C28H31N3O4Si. The van der Waals surface area contributed by atoms with Gasteiger partial charge in [0.2, 0.25) is 0 Å². The van der Waals surface area contributed by atoms with Crippen LogP contribution < -0.4 is 0 Å². The fourth-order valence-electron chi connectivity index (χ4n) is 3.88. The van der Waals surface area contributed by atoms with E-state index >= 15 is 0 Å². The van der Waals surface area contributed by atoms with Crippen molar-refractivity contribution < 1.29 is 14.8 Å².